The molecule has 0 aliphatic heterocycles. The molecule has 0 aromatic heterocycles. The summed E-state index contributed by atoms with van der Waals surface area (Å²) in [6, 6.07) is 5.65. The molecule has 1 aromatic rings. The largest absolute Gasteiger partial charge is 0.493 e. The van der Waals surface area contributed by atoms with Crippen molar-refractivity contribution in [3.63, 3.8) is 0 Å². The molecule has 2 rings (SSSR count). The van der Waals surface area contributed by atoms with Gasteiger partial charge in [-0.05, 0) is 56.0 Å². The molecule has 5 heteroatoms. The highest BCUT2D eigenvalue weighted by atomic mass is 16.5. The summed E-state index contributed by atoms with van der Waals surface area (Å²) in [5, 5.41) is 19.8. The second-order valence-corrected chi connectivity index (χ2v) is 5.65. The number of aliphatic hydroxyl groups excluding tert-OH is 1. The zero-order valence-electron chi connectivity index (χ0n) is 13.1. The van der Waals surface area contributed by atoms with Crippen molar-refractivity contribution in [2.45, 2.75) is 32.8 Å². The Balaban J connectivity index is 2.05. The Bertz CT molecular complexity index is 565. The number of hydrazine groups is 1. The van der Waals surface area contributed by atoms with Gasteiger partial charge in [-0.2, -0.15) is 5.17 Å². The number of hydrogen-bond donors (Lipinski definition) is 3. The average Bonchev–Trinajstić information content (AvgIpc) is 2.71. The van der Waals surface area contributed by atoms with Crippen LogP contribution in [0.4, 0.5) is 0 Å². The van der Waals surface area contributed by atoms with Crippen LogP contribution in [0.3, 0.4) is 0 Å². The van der Waals surface area contributed by atoms with Gasteiger partial charge in [0.25, 0.3) is 0 Å². The van der Waals surface area contributed by atoms with Gasteiger partial charge in [0, 0.05) is 5.92 Å². The van der Waals surface area contributed by atoms with Gasteiger partial charge >= 0.3 is 0 Å². The van der Waals surface area contributed by atoms with E-state index in [4.69, 9.17) is 10.6 Å². The van der Waals surface area contributed by atoms with E-state index in [2.05, 4.69) is 0 Å². The van der Waals surface area contributed by atoms with Crippen LogP contribution in [0.5, 0.6) is 5.75 Å². The van der Waals surface area contributed by atoms with Gasteiger partial charge in [-0.25, -0.2) is 5.84 Å². The number of ether oxygens (including phenoxy) is 1. The van der Waals surface area contributed by atoms with E-state index in [9.17, 15) is 10.3 Å². The Morgan fingerprint density at radius 1 is 1.45 bits per heavy atom. The van der Waals surface area contributed by atoms with Crippen molar-refractivity contribution in [1.29, 1.82) is 0 Å². The fraction of sp³-hybridized carbons (Fsp3) is 0.412. The third-order valence-corrected chi connectivity index (χ3v) is 3.89. The van der Waals surface area contributed by atoms with Crippen LogP contribution in [-0.4, -0.2) is 22.1 Å². The van der Waals surface area contributed by atoms with Crippen molar-refractivity contribution >= 4 is 0 Å². The molecule has 0 fully saturated rings. The zero-order valence-corrected chi connectivity index (χ0v) is 13.1. The Labute approximate surface area is 131 Å². The molecule has 120 valence electrons. The highest BCUT2D eigenvalue weighted by Gasteiger charge is 2.19. The third kappa shape index (κ3) is 4.10. The molecule has 0 spiro atoms. The highest BCUT2D eigenvalue weighted by molar-refractivity contribution is 5.37. The molecular formula is C17H24N2O3. The maximum atomic E-state index is 9.60. The quantitative estimate of drug-likeness (QED) is 0.576. The summed E-state index contributed by atoms with van der Waals surface area (Å²) in [6.07, 6.45) is 7.05. The van der Waals surface area contributed by atoms with E-state index in [1.165, 1.54) is 0 Å². The second kappa shape index (κ2) is 7.45. The Kier molecular flexibility index (Phi) is 5.60. The Hall–Kier alpha value is -1.82. The average molecular weight is 304 g/mol. The lowest BCUT2D eigenvalue weighted by atomic mass is 10.0. The standard InChI is InChI=1S/C17H24N2O3/c1-12-10-14(13(2)20)8-9-17(12)22-11-15-6-4-3-5-7-16(15)19(18)21/h3,5,7-10,13,15,20-21H,4,6,11,18H2,1-2H3/t13-,15?/m1/s1. The molecule has 5 nitrogen and oxygen atoms in total. The molecule has 0 saturated heterocycles. The molecule has 1 aliphatic carbocycles. The monoisotopic (exact) mass is 304 g/mol. The molecule has 1 aromatic carbocycles. The van der Waals surface area contributed by atoms with E-state index >= 15 is 0 Å². The molecule has 0 bridgehead atoms. The summed E-state index contributed by atoms with van der Waals surface area (Å²) in [4.78, 5) is 0. The summed E-state index contributed by atoms with van der Waals surface area (Å²) in [7, 11) is 0. The minimum atomic E-state index is -0.490. The lowest BCUT2D eigenvalue weighted by molar-refractivity contribution is -0.0698. The highest BCUT2D eigenvalue weighted by Crippen LogP contribution is 2.26. The van der Waals surface area contributed by atoms with Crippen LogP contribution in [0.15, 0.2) is 42.1 Å². The predicted molar refractivity (Wildman–Crippen MR) is 85.1 cm³/mol. The molecule has 4 N–H and O–H groups in total. The maximum absolute atomic E-state index is 9.60. The molecular weight excluding hydrogens is 280 g/mol. The summed E-state index contributed by atoms with van der Waals surface area (Å²) in [6.45, 7) is 4.13. The first-order valence-corrected chi connectivity index (χ1v) is 7.51. The number of aryl methyl sites for hydroxylation is 1. The fourth-order valence-corrected chi connectivity index (χ4v) is 2.56. The predicted octanol–water partition coefficient (Wildman–Crippen LogP) is 2.84. The van der Waals surface area contributed by atoms with Crippen molar-refractivity contribution in [2.24, 2.45) is 11.8 Å². The van der Waals surface area contributed by atoms with Gasteiger partial charge in [0.15, 0.2) is 0 Å². The molecule has 0 saturated carbocycles. The van der Waals surface area contributed by atoms with Crippen LogP contribution >= 0.6 is 0 Å². The van der Waals surface area contributed by atoms with E-state index in [1.54, 1.807) is 6.92 Å². The van der Waals surface area contributed by atoms with Gasteiger partial charge in [0.2, 0.25) is 0 Å². The number of hydroxylamine groups is 1. The normalized spacial score (nSPS) is 19.3. The molecule has 22 heavy (non-hydrogen) atoms. The second-order valence-electron chi connectivity index (χ2n) is 5.65. The Morgan fingerprint density at radius 3 is 2.86 bits per heavy atom. The first-order chi connectivity index (χ1) is 10.5. The summed E-state index contributed by atoms with van der Waals surface area (Å²) >= 11 is 0. The van der Waals surface area contributed by atoms with E-state index in [0.29, 0.717) is 17.5 Å². The third-order valence-electron chi connectivity index (χ3n) is 3.89. The summed E-state index contributed by atoms with van der Waals surface area (Å²) in [5.41, 5.74) is 2.49. The van der Waals surface area contributed by atoms with Crippen LogP contribution in [0, 0.1) is 12.8 Å². The van der Waals surface area contributed by atoms with Crippen molar-refractivity contribution in [2.75, 3.05) is 6.61 Å². The minimum Gasteiger partial charge on any atom is -0.493 e. The van der Waals surface area contributed by atoms with Gasteiger partial charge in [-0.15, -0.1) is 0 Å². The van der Waals surface area contributed by atoms with Crippen LogP contribution in [-0.2, 0) is 0 Å². The van der Waals surface area contributed by atoms with Crippen molar-refractivity contribution in [1.82, 2.24) is 5.17 Å². The van der Waals surface area contributed by atoms with Crippen LogP contribution in [0.2, 0.25) is 0 Å². The number of nitrogens with zero attached hydrogens (tertiary/aromatic N) is 1. The number of rotatable bonds is 5. The number of benzene rings is 1. The maximum Gasteiger partial charge on any atom is 0.122 e. The van der Waals surface area contributed by atoms with Gasteiger partial charge in [-0.3, -0.25) is 5.21 Å². The molecule has 1 aliphatic rings. The number of nitrogens with two attached hydrogens (primary N) is 1. The van der Waals surface area contributed by atoms with Gasteiger partial charge in [-0.1, -0.05) is 18.2 Å². The van der Waals surface area contributed by atoms with Gasteiger partial charge in [0.1, 0.15) is 5.75 Å². The van der Waals surface area contributed by atoms with Crippen LogP contribution in [0.1, 0.15) is 37.0 Å². The van der Waals surface area contributed by atoms with E-state index in [-0.39, 0.29) is 5.92 Å². The van der Waals surface area contributed by atoms with Crippen molar-refractivity contribution < 1.29 is 15.1 Å². The summed E-state index contributed by atoms with van der Waals surface area (Å²) in [5.74, 6) is 6.29. The van der Waals surface area contributed by atoms with Gasteiger partial charge < -0.3 is 9.84 Å². The lowest BCUT2D eigenvalue weighted by Crippen LogP contribution is -2.32. The first-order valence-electron chi connectivity index (χ1n) is 7.51. The molecule has 0 radical (unpaired) electrons. The van der Waals surface area contributed by atoms with Crippen LogP contribution in [0.25, 0.3) is 0 Å². The summed E-state index contributed by atoms with van der Waals surface area (Å²) < 4.78 is 5.90. The lowest BCUT2D eigenvalue weighted by Gasteiger charge is -2.23. The topological polar surface area (TPSA) is 79.0 Å². The number of aliphatic hydroxyl groups is 1. The SMILES string of the molecule is Cc1cc([C@@H](C)O)ccc1OCC1CCC=CC=C1N(N)O. The van der Waals surface area contributed by atoms with Crippen molar-refractivity contribution in [3.8, 4) is 5.75 Å². The van der Waals surface area contributed by atoms with Crippen molar-refractivity contribution in [3.05, 3.63) is 53.3 Å². The van der Waals surface area contributed by atoms with E-state index in [1.807, 2.05) is 43.4 Å². The Morgan fingerprint density at radius 2 is 2.23 bits per heavy atom. The van der Waals surface area contributed by atoms with E-state index in [0.717, 1.165) is 29.7 Å². The molecule has 2 atom stereocenters. The van der Waals surface area contributed by atoms with Crippen LogP contribution < -0.4 is 10.6 Å². The molecule has 1 unspecified atom stereocenters. The number of allylic oxidation sites excluding steroid dienone is 3. The molecule has 0 amide bonds. The molecule has 0 heterocycles. The van der Waals surface area contributed by atoms with E-state index < -0.39 is 6.10 Å². The smallest absolute Gasteiger partial charge is 0.122 e. The first kappa shape index (κ1) is 16.5. The zero-order chi connectivity index (χ0) is 16.1. The number of hydrogen-bond acceptors (Lipinski definition) is 5. The minimum absolute atomic E-state index is 0.0286. The van der Waals surface area contributed by atoms with Gasteiger partial charge in [0.05, 0.1) is 18.4 Å². The fourth-order valence-electron chi connectivity index (χ4n) is 2.56.